The van der Waals surface area contributed by atoms with Crippen molar-refractivity contribution in [2.75, 3.05) is 6.61 Å². The lowest BCUT2D eigenvalue weighted by Gasteiger charge is -2.04. The fourth-order valence-electron chi connectivity index (χ4n) is 1.00. The van der Waals surface area contributed by atoms with E-state index in [-0.39, 0.29) is 6.61 Å². The minimum Gasteiger partial charge on any atom is -0.481 e. The maximum Gasteiger partial charge on any atom is 0.332 e. The Morgan fingerprint density at radius 3 is 3.12 bits per heavy atom. The second-order valence-corrected chi connectivity index (χ2v) is 3.76. The van der Waals surface area contributed by atoms with E-state index in [4.69, 9.17) is 16.9 Å². The molecule has 0 saturated carbocycles. The molecule has 0 radical (unpaired) electrons. The molecular formula is C11H10BrN3O2. The Morgan fingerprint density at radius 1 is 1.71 bits per heavy atom. The zero-order chi connectivity index (χ0) is 12.7. The van der Waals surface area contributed by atoms with E-state index in [1.54, 1.807) is 18.2 Å². The van der Waals surface area contributed by atoms with Gasteiger partial charge in [-0.25, -0.2) is 10.2 Å². The number of rotatable bonds is 4. The maximum absolute atomic E-state index is 10.4. The van der Waals surface area contributed by atoms with Crippen LogP contribution in [0.2, 0.25) is 0 Å². The average Bonchev–Trinajstić information content (AvgIpc) is 2.29. The van der Waals surface area contributed by atoms with E-state index < -0.39 is 6.03 Å². The third-order valence-corrected chi connectivity index (χ3v) is 2.39. The number of nitrogens with two attached hydrogens (primary N) is 1. The molecule has 1 aromatic rings. The summed E-state index contributed by atoms with van der Waals surface area (Å²) >= 11 is 3.33. The molecule has 17 heavy (non-hydrogen) atoms. The van der Waals surface area contributed by atoms with E-state index in [2.05, 4.69) is 32.4 Å². The van der Waals surface area contributed by atoms with E-state index in [0.29, 0.717) is 5.75 Å². The van der Waals surface area contributed by atoms with Crippen LogP contribution in [0.4, 0.5) is 4.79 Å². The molecule has 0 aliphatic carbocycles. The van der Waals surface area contributed by atoms with Crippen LogP contribution >= 0.6 is 15.9 Å². The van der Waals surface area contributed by atoms with Gasteiger partial charge in [-0.15, -0.1) is 6.42 Å². The monoisotopic (exact) mass is 295 g/mol. The van der Waals surface area contributed by atoms with Crippen molar-refractivity contribution < 1.29 is 9.53 Å². The molecule has 0 aliphatic rings. The Kier molecular flexibility index (Phi) is 5.04. The molecule has 1 aromatic carbocycles. The zero-order valence-corrected chi connectivity index (χ0v) is 10.4. The molecule has 88 valence electrons. The number of benzene rings is 1. The van der Waals surface area contributed by atoms with E-state index in [0.717, 1.165) is 10.0 Å². The lowest BCUT2D eigenvalue weighted by molar-refractivity contribution is 0.249. The van der Waals surface area contributed by atoms with Gasteiger partial charge in [-0.1, -0.05) is 21.9 Å². The van der Waals surface area contributed by atoms with Crippen LogP contribution in [0.1, 0.15) is 5.56 Å². The van der Waals surface area contributed by atoms with Crippen molar-refractivity contribution in [2.45, 2.75) is 0 Å². The first-order valence-corrected chi connectivity index (χ1v) is 5.37. The maximum atomic E-state index is 10.4. The van der Waals surface area contributed by atoms with Crippen molar-refractivity contribution in [3.05, 3.63) is 28.2 Å². The minimum atomic E-state index is -0.725. The predicted molar refractivity (Wildman–Crippen MR) is 68.8 cm³/mol. The number of ether oxygens (including phenoxy) is 1. The van der Waals surface area contributed by atoms with Crippen LogP contribution in [0, 0.1) is 12.3 Å². The van der Waals surface area contributed by atoms with Gasteiger partial charge in [0.1, 0.15) is 12.4 Å². The van der Waals surface area contributed by atoms with Gasteiger partial charge in [-0.3, -0.25) is 0 Å². The quantitative estimate of drug-likeness (QED) is 0.501. The SMILES string of the molecule is C#CCOc1ccc(Br)c(/C=N\NC(N)=O)c1. The highest BCUT2D eigenvalue weighted by Crippen LogP contribution is 2.21. The first-order valence-electron chi connectivity index (χ1n) is 4.58. The number of hydrazone groups is 1. The van der Waals surface area contributed by atoms with Crippen molar-refractivity contribution in [2.24, 2.45) is 10.8 Å². The Morgan fingerprint density at radius 2 is 2.47 bits per heavy atom. The second kappa shape index (κ2) is 6.55. The summed E-state index contributed by atoms with van der Waals surface area (Å²) in [6.45, 7) is 0.192. The largest absolute Gasteiger partial charge is 0.481 e. The molecule has 0 aliphatic heterocycles. The number of carbonyl (C=O) groups is 1. The van der Waals surface area contributed by atoms with Gasteiger partial charge in [0.05, 0.1) is 6.21 Å². The molecule has 0 spiro atoms. The van der Waals surface area contributed by atoms with E-state index in [9.17, 15) is 4.79 Å². The van der Waals surface area contributed by atoms with Gasteiger partial charge < -0.3 is 10.5 Å². The molecular weight excluding hydrogens is 286 g/mol. The normalized spacial score (nSPS) is 9.88. The molecule has 0 heterocycles. The summed E-state index contributed by atoms with van der Waals surface area (Å²) in [5, 5.41) is 3.65. The molecule has 5 nitrogen and oxygen atoms in total. The van der Waals surface area contributed by atoms with Gasteiger partial charge in [0.15, 0.2) is 0 Å². The Hall–Kier alpha value is -2.00. The lowest BCUT2D eigenvalue weighted by Crippen LogP contribution is -2.24. The highest BCUT2D eigenvalue weighted by atomic mass is 79.9. The number of hydrogen-bond acceptors (Lipinski definition) is 3. The van der Waals surface area contributed by atoms with Crippen LogP contribution in [-0.2, 0) is 0 Å². The summed E-state index contributed by atoms with van der Waals surface area (Å²) in [5.41, 5.74) is 7.70. The zero-order valence-electron chi connectivity index (χ0n) is 8.81. The number of urea groups is 1. The van der Waals surface area contributed by atoms with Crippen LogP contribution in [0.15, 0.2) is 27.8 Å². The second-order valence-electron chi connectivity index (χ2n) is 2.91. The smallest absolute Gasteiger partial charge is 0.332 e. The summed E-state index contributed by atoms with van der Waals surface area (Å²) in [6.07, 6.45) is 6.53. The molecule has 0 saturated heterocycles. The molecule has 0 aromatic heterocycles. The number of terminal acetylenes is 1. The molecule has 0 unspecified atom stereocenters. The third-order valence-electron chi connectivity index (χ3n) is 1.67. The third kappa shape index (κ3) is 4.57. The van der Waals surface area contributed by atoms with Crippen LogP contribution < -0.4 is 15.9 Å². The molecule has 0 bridgehead atoms. The molecule has 6 heteroatoms. The topological polar surface area (TPSA) is 76.7 Å². The molecule has 0 fully saturated rings. The average molecular weight is 296 g/mol. The molecule has 1 rings (SSSR count). The highest BCUT2D eigenvalue weighted by molar-refractivity contribution is 9.10. The predicted octanol–water partition coefficient (Wildman–Crippen LogP) is 1.46. The van der Waals surface area contributed by atoms with Crippen molar-refractivity contribution in [1.82, 2.24) is 5.43 Å². The first-order chi connectivity index (χ1) is 8.13. The van der Waals surface area contributed by atoms with Crippen molar-refractivity contribution in [1.29, 1.82) is 0 Å². The number of primary amides is 1. The van der Waals surface area contributed by atoms with E-state index in [1.807, 2.05) is 0 Å². The number of nitrogens with zero attached hydrogens (tertiary/aromatic N) is 1. The summed E-state index contributed by atoms with van der Waals surface area (Å²) in [5.74, 6) is 2.98. The summed E-state index contributed by atoms with van der Waals surface area (Å²) in [6, 6.07) is 4.56. The van der Waals surface area contributed by atoms with E-state index >= 15 is 0 Å². The Labute approximate surface area is 107 Å². The Bertz CT molecular complexity index is 480. The van der Waals surface area contributed by atoms with Gasteiger partial charge in [-0.2, -0.15) is 5.10 Å². The fourth-order valence-corrected chi connectivity index (χ4v) is 1.35. The van der Waals surface area contributed by atoms with Gasteiger partial charge >= 0.3 is 6.03 Å². The van der Waals surface area contributed by atoms with Gasteiger partial charge in [-0.05, 0) is 18.2 Å². The van der Waals surface area contributed by atoms with Crippen molar-refractivity contribution in [3.8, 4) is 18.1 Å². The summed E-state index contributed by atoms with van der Waals surface area (Å²) in [7, 11) is 0. The minimum absolute atomic E-state index is 0.192. The first kappa shape index (κ1) is 13.1. The van der Waals surface area contributed by atoms with Crippen LogP contribution in [0.5, 0.6) is 5.75 Å². The van der Waals surface area contributed by atoms with Gasteiger partial charge in [0.2, 0.25) is 0 Å². The van der Waals surface area contributed by atoms with Crippen molar-refractivity contribution in [3.63, 3.8) is 0 Å². The standard InChI is InChI=1S/C11H10BrN3O2/c1-2-5-17-9-3-4-10(12)8(6-9)7-14-15-11(13)16/h1,3-4,6-7H,5H2,(H3,13,15,16)/b14-7-. The van der Waals surface area contributed by atoms with Crippen molar-refractivity contribution >= 4 is 28.2 Å². The number of hydrogen-bond donors (Lipinski definition) is 2. The molecule has 3 N–H and O–H groups in total. The highest BCUT2D eigenvalue weighted by Gasteiger charge is 2.00. The molecule has 0 atom stereocenters. The Balaban J connectivity index is 2.80. The number of carbonyl (C=O) groups excluding carboxylic acids is 1. The van der Waals surface area contributed by atoms with Crippen LogP contribution in [0.3, 0.4) is 0 Å². The number of nitrogens with one attached hydrogen (secondary N) is 1. The summed E-state index contributed by atoms with van der Waals surface area (Å²) < 4.78 is 6.05. The number of amides is 2. The number of halogens is 1. The van der Waals surface area contributed by atoms with Gasteiger partial charge in [0, 0.05) is 10.0 Å². The van der Waals surface area contributed by atoms with Gasteiger partial charge in [0.25, 0.3) is 0 Å². The fraction of sp³-hybridized carbons (Fsp3) is 0.0909. The lowest BCUT2D eigenvalue weighted by atomic mass is 10.2. The van der Waals surface area contributed by atoms with Crippen LogP contribution in [-0.4, -0.2) is 18.9 Å². The summed E-state index contributed by atoms with van der Waals surface area (Å²) in [4.78, 5) is 10.4. The van der Waals surface area contributed by atoms with Crippen LogP contribution in [0.25, 0.3) is 0 Å². The van der Waals surface area contributed by atoms with E-state index in [1.165, 1.54) is 6.21 Å². The molecule has 2 amide bonds.